The molecule has 0 spiro atoms. The monoisotopic (exact) mass is 1430 g/mol. The van der Waals surface area contributed by atoms with Crippen molar-refractivity contribution in [3.63, 3.8) is 0 Å². The number of carboxylic acid groups (broad SMARTS) is 1. The molecule has 2 aromatic carbocycles. The van der Waals surface area contributed by atoms with Gasteiger partial charge in [-0.3, -0.25) is 33.5 Å². The van der Waals surface area contributed by atoms with Gasteiger partial charge in [0.15, 0.2) is 5.78 Å². The Morgan fingerprint density at radius 2 is 1.05 bits per heavy atom. The summed E-state index contributed by atoms with van der Waals surface area (Å²) in [5.41, 5.74) is 0.525. The van der Waals surface area contributed by atoms with Crippen LogP contribution in [0.1, 0.15) is 195 Å². The van der Waals surface area contributed by atoms with E-state index >= 15 is 0 Å². The molecule has 0 unspecified atom stereocenters. The van der Waals surface area contributed by atoms with Gasteiger partial charge in [0.25, 0.3) is 0 Å². The van der Waals surface area contributed by atoms with E-state index in [1.807, 2.05) is 64.5 Å². The third kappa shape index (κ3) is 16.8. The van der Waals surface area contributed by atoms with E-state index in [0.717, 1.165) is 101 Å². The Hall–Kier alpha value is -7.38. The summed E-state index contributed by atoms with van der Waals surface area (Å²) >= 11 is 0. The van der Waals surface area contributed by atoms with Gasteiger partial charge in [-0.25, -0.2) is 41.9 Å². The highest BCUT2D eigenvalue weighted by Crippen LogP contribution is 2.59. The number of carbonyl (C=O) groups excluding carboxylic acids is 6. The summed E-state index contributed by atoms with van der Waals surface area (Å²) in [6.45, 7) is 14.7. The Balaban J connectivity index is 0.000000213. The molecule has 4 bridgehead atoms. The van der Waals surface area contributed by atoms with Gasteiger partial charge in [-0.1, -0.05) is 81.1 Å². The number of carboxylic acids is 1. The number of amides is 3. The molecule has 2 saturated heterocycles. The lowest BCUT2D eigenvalue weighted by Gasteiger charge is -2.35. The molecule has 26 heteroatoms. The first-order valence-corrected chi connectivity index (χ1v) is 38.0. The number of alkyl halides is 2. The molecule has 8 aliphatic rings. The van der Waals surface area contributed by atoms with Crippen molar-refractivity contribution in [2.45, 2.75) is 245 Å². The fraction of sp³-hybridized carbons (Fsp3) is 0.693. The number of fused-ring (bicyclic) bond motifs is 10. The van der Waals surface area contributed by atoms with Gasteiger partial charge >= 0.3 is 17.9 Å². The lowest BCUT2D eigenvalue weighted by Crippen LogP contribution is -2.50. The number of methoxy groups -OCH3 is 2. The highest BCUT2D eigenvalue weighted by molar-refractivity contribution is 7.91. The molecule has 4 aromatic rings. The van der Waals surface area contributed by atoms with Crippen molar-refractivity contribution < 1.29 is 84.3 Å². The Kier molecular flexibility index (Phi) is 22.6. The number of nitrogens with one attached hydrogen (secondary N) is 1. The van der Waals surface area contributed by atoms with Crippen LogP contribution < -0.4 is 23.7 Å². The SMILES string of the molecule is COc1ccc2nc3c(nc2c1)O[C@H]1CN(C(=O)[C@H](C(C)(C)C)CC(=O)O[C@@H]2CCC[C@H]2CCCCC3)[C@H](C(=O)C[C@]2(C(=O)NS(=O)(=O)C3CC3)C[C@H]2C(F)F)[C@@H]1C.COc1ccc2nc3c(nc2c1)O[C@H]1CN(C(=O)[C@H](C(C)(C)C)CC(=O)O[C@@H]2CCC[C@H]2CCCCC3)[C@H](C(=O)O)[C@@H]1C. The normalized spacial score (nSPS) is 30.3. The molecule has 2 N–H and O–H groups in total. The van der Waals surface area contributed by atoms with Crippen molar-refractivity contribution in [2.24, 2.45) is 57.7 Å². The van der Waals surface area contributed by atoms with Crippen LogP contribution >= 0.6 is 0 Å². The first-order chi connectivity index (χ1) is 47.9. The molecular formula is C75H101F2N7O16S. The molecule has 6 heterocycles. The Morgan fingerprint density at radius 3 is 1.47 bits per heavy atom. The van der Waals surface area contributed by atoms with Gasteiger partial charge in [0.05, 0.1) is 90.8 Å². The summed E-state index contributed by atoms with van der Waals surface area (Å²) in [6.07, 6.45) is 8.66. The molecule has 6 fully saturated rings. The Bertz CT molecular complexity index is 3880. The highest BCUT2D eigenvalue weighted by Gasteiger charge is 2.67. The maximum atomic E-state index is 14.9. The van der Waals surface area contributed by atoms with Gasteiger partial charge in [0.1, 0.15) is 53.3 Å². The predicted octanol–water partition coefficient (Wildman–Crippen LogP) is 11.2. The second-order valence-corrected chi connectivity index (χ2v) is 33.9. The molecule has 4 aliphatic heterocycles. The number of aliphatic carboxylic acids is 1. The number of esters is 2. The molecule has 101 heavy (non-hydrogen) atoms. The number of carbonyl (C=O) groups is 7. The van der Waals surface area contributed by atoms with Crippen LogP contribution in [0.3, 0.4) is 0 Å². The van der Waals surface area contributed by atoms with E-state index in [2.05, 4.69) is 0 Å². The number of rotatable bonds is 10. The van der Waals surface area contributed by atoms with Crippen LogP contribution in [0, 0.1) is 57.7 Å². The van der Waals surface area contributed by atoms with Crippen molar-refractivity contribution in [1.82, 2.24) is 34.5 Å². The number of aromatic nitrogens is 4. The van der Waals surface area contributed by atoms with Crippen molar-refractivity contribution in [3.8, 4) is 23.3 Å². The lowest BCUT2D eigenvalue weighted by atomic mass is 9.77. The number of hydrogen-bond donors (Lipinski definition) is 2. The summed E-state index contributed by atoms with van der Waals surface area (Å²) in [5, 5.41) is 9.49. The van der Waals surface area contributed by atoms with Gasteiger partial charge in [0, 0.05) is 36.3 Å². The molecule has 23 nitrogen and oxygen atoms in total. The second kappa shape index (κ2) is 30.5. The van der Waals surface area contributed by atoms with Gasteiger partial charge in [-0.2, -0.15) is 0 Å². The average molecular weight is 1430 g/mol. The summed E-state index contributed by atoms with van der Waals surface area (Å²) in [6, 6.07) is 8.54. The molecule has 14 atom stereocenters. The van der Waals surface area contributed by atoms with Gasteiger partial charge in [-0.15, -0.1) is 0 Å². The molecule has 4 saturated carbocycles. The minimum absolute atomic E-state index is 0.0700. The van der Waals surface area contributed by atoms with Crippen LogP contribution in [0.25, 0.3) is 22.1 Å². The van der Waals surface area contributed by atoms with Gasteiger partial charge in [-0.05, 0) is 143 Å². The fourth-order valence-electron chi connectivity index (χ4n) is 16.4. The van der Waals surface area contributed by atoms with Crippen LogP contribution in [0.2, 0.25) is 0 Å². The summed E-state index contributed by atoms with van der Waals surface area (Å²) < 4.78 is 92.2. The van der Waals surface area contributed by atoms with E-state index in [1.165, 1.54) is 9.80 Å². The van der Waals surface area contributed by atoms with E-state index < -0.39 is 128 Å². The number of Topliss-reactive ketones (excluding diaryl/α,β-unsaturated/α-hetero) is 1. The van der Waals surface area contributed by atoms with Crippen molar-refractivity contribution in [2.75, 3.05) is 27.3 Å². The molecule has 3 amide bonds. The number of nitrogens with zero attached hydrogens (tertiary/aromatic N) is 6. The molecule has 12 rings (SSSR count). The van der Waals surface area contributed by atoms with E-state index in [1.54, 1.807) is 46.3 Å². The highest BCUT2D eigenvalue weighted by atomic mass is 32.2. The van der Waals surface area contributed by atoms with E-state index in [9.17, 15) is 55.9 Å². The van der Waals surface area contributed by atoms with E-state index in [0.29, 0.717) is 71.2 Å². The standard InChI is InChI=1S/C42H56F2N4O9S.C33H45N3O7/c1-23-34-22-48(36(23)32(49)21-42(20-28(42)37(43)44)40(52)47-58(53,54)26-15-16-26)39(51)27(41(2,3)4)19-35(50)56-33-13-9-11-24(33)10-7-6-8-12-30-38(57-34)46-31-18-25(55-5)14-17-29(31)45-30;1-19-27-18-36(29(19)32(39)40)31(38)22(33(2,3)4)17-28(37)42-26-13-9-11-20(26)10-7-6-8-12-24-30(43-27)35-25-16-21(41-5)14-15-23(25)34-24/h14,17-18,23-24,26-28,33-34,36-37H,6-13,15-16,19-22H2,1-5H3,(H,47,52);14-16,19-20,22,26-27,29H,6-13,17-18H2,1-5H3,(H,39,40)/t23-,24-,27-,28+,33-,34+,36+,42-;19-,20-,22-,26-,27+,29+/m11/s1. The largest absolute Gasteiger partial charge is 0.497 e. The zero-order valence-electron chi connectivity index (χ0n) is 60.0. The Labute approximate surface area is 590 Å². The summed E-state index contributed by atoms with van der Waals surface area (Å²) in [4.78, 5) is 119. The number of aryl methyl sites for hydroxylation is 2. The lowest BCUT2D eigenvalue weighted by molar-refractivity contribution is -0.159. The molecule has 2 aromatic heterocycles. The van der Waals surface area contributed by atoms with Crippen molar-refractivity contribution in [1.29, 1.82) is 0 Å². The molecule has 0 radical (unpaired) electrons. The van der Waals surface area contributed by atoms with E-state index in [-0.39, 0.29) is 68.2 Å². The van der Waals surface area contributed by atoms with Crippen molar-refractivity contribution in [3.05, 3.63) is 47.8 Å². The maximum Gasteiger partial charge on any atom is 0.326 e. The molecule has 552 valence electrons. The predicted molar refractivity (Wildman–Crippen MR) is 368 cm³/mol. The molecule has 4 aliphatic carbocycles. The van der Waals surface area contributed by atoms with Gasteiger partial charge in [0.2, 0.25) is 45.9 Å². The number of ketones is 1. The number of hydrogen-bond acceptors (Lipinski definition) is 19. The number of benzene rings is 2. The summed E-state index contributed by atoms with van der Waals surface area (Å²) in [7, 11) is -0.955. The average Bonchev–Trinajstić information content (AvgIpc) is 1.56. The number of halogens is 2. The zero-order valence-corrected chi connectivity index (χ0v) is 60.8. The van der Waals surface area contributed by atoms with Crippen LogP contribution in [0.4, 0.5) is 8.78 Å². The third-order valence-corrected chi connectivity index (χ3v) is 24.6. The molecular weight excluding hydrogens is 1320 g/mol. The number of ether oxygens (including phenoxy) is 6. The van der Waals surface area contributed by atoms with Crippen LogP contribution in [0.5, 0.6) is 23.3 Å². The van der Waals surface area contributed by atoms with Crippen LogP contribution in [-0.4, -0.2) is 160 Å². The maximum absolute atomic E-state index is 14.9. The minimum Gasteiger partial charge on any atom is -0.497 e. The Morgan fingerprint density at radius 1 is 0.604 bits per heavy atom. The third-order valence-electron chi connectivity index (χ3n) is 22.8. The minimum atomic E-state index is -4.10. The van der Waals surface area contributed by atoms with E-state index in [4.69, 9.17) is 48.4 Å². The number of sulfonamides is 1. The van der Waals surface area contributed by atoms with Crippen molar-refractivity contribution >= 4 is 73.5 Å². The second-order valence-electron chi connectivity index (χ2n) is 31.9. The van der Waals surface area contributed by atoms with Crippen LogP contribution in [0.15, 0.2) is 36.4 Å². The topological polar surface area (TPSA) is 299 Å². The smallest absolute Gasteiger partial charge is 0.326 e. The fourth-order valence-corrected chi connectivity index (χ4v) is 17.8. The van der Waals surface area contributed by atoms with Gasteiger partial charge < -0.3 is 43.3 Å². The zero-order chi connectivity index (χ0) is 72.6. The van der Waals surface area contributed by atoms with Crippen LogP contribution in [-0.2, 0) is 65.9 Å². The first kappa shape index (κ1) is 74.8. The first-order valence-electron chi connectivity index (χ1n) is 36.5. The quantitative estimate of drug-likeness (QED) is 0.139. The summed E-state index contributed by atoms with van der Waals surface area (Å²) in [5.74, 6) is -6.75.